The second kappa shape index (κ2) is 8.76. The molecular formula is C21H31N5. The lowest BCUT2D eigenvalue weighted by molar-refractivity contribution is 0.127. The van der Waals surface area contributed by atoms with Gasteiger partial charge in [0.05, 0.1) is 0 Å². The number of hydrogen-bond donors (Lipinski definition) is 0. The number of rotatable bonds is 6. The van der Waals surface area contributed by atoms with Crippen molar-refractivity contribution in [1.82, 2.24) is 24.6 Å². The smallest absolute Gasteiger partial charge is 0.131 e. The van der Waals surface area contributed by atoms with Crippen LogP contribution in [0.25, 0.3) is 0 Å². The summed E-state index contributed by atoms with van der Waals surface area (Å²) in [5.74, 6) is 1.66. The number of aryl methyl sites for hydroxylation is 1. The summed E-state index contributed by atoms with van der Waals surface area (Å²) in [4.78, 5) is 12.1. The molecule has 140 valence electrons. The average Bonchev–Trinajstić information content (AvgIpc) is 3.22. The minimum atomic E-state index is 0.592. The number of nitrogens with zero attached hydrogens (tertiary/aromatic N) is 5. The molecule has 1 aliphatic heterocycles. The van der Waals surface area contributed by atoms with Gasteiger partial charge in [-0.15, -0.1) is 0 Å². The van der Waals surface area contributed by atoms with Gasteiger partial charge in [0.25, 0.3) is 0 Å². The minimum Gasteiger partial charge on any atom is -0.296 e. The minimum absolute atomic E-state index is 0.592. The molecule has 0 N–H and O–H groups in total. The monoisotopic (exact) mass is 353 g/mol. The number of hydrogen-bond acceptors (Lipinski definition) is 4. The van der Waals surface area contributed by atoms with Crippen LogP contribution >= 0.6 is 0 Å². The first-order chi connectivity index (χ1) is 12.9. The van der Waals surface area contributed by atoms with Crippen LogP contribution in [0.4, 0.5) is 0 Å². The molecule has 2 aromatic rings. The van der Waals surface area contributed by atoms with Gasteiger partial charge in [-0.1, -0.05) is 25.7 Å². The lowest BCUT2D eigenvalue weighted by atomic mass is 9.89. The molecule has 3 heterocycles. The molecule has 0 spiro atoms. The molecule has 1 atom stereocenters. The van der Waals surface area contributed by atoms with E-state index in [1.165, 1.54) is 69.9 Å². The van der Waals surface area contributed by atoms with Gasteiger partial charge in [0.15, 0.2) is 0 Å². The van der Waals surface area contributed by atoms with Crippen molar-refractivity contribution in [2.45, 2.75) is 82.8 Å². The predicted molar refractivity (Wildman–Crippen MR) is 103 cm³/mol. The Labute approximate surface area is 156 Å². The van der Waals surface area contributed by atoms with Crippen molar-refractivity contribution in [3.05, 3.63) is 42.2 Å². The van der Waals surface area contributed by atoms with E-state index < -0.39 is 0 Å². The molecular weight excluding hydrogens is 322 g/mol. The van der Waals surface area contributed by atoms with Crippen molar-refractivity contribution in [1.29, 1.82) is 0 Å². The molecule has 0 unspecified atom stereocenters. The van der Waals surface area contributed by atoms with Crippen molar-refractivity contribution in [2.24, 2.45) is 0 Å². The second-order valence-corrected chi connectivity index (χ2v) is 7.96. The van der Waals surface area contributed by atoms with Gasteiger partial charge < -0.3 is 0 Å². The topological polar surface area (TPSA) is 46.8 Å². The molecule has 1 aliphatic carbocycles. The van der Waals surface area contributed by atoms with E-state index in [4.69, 9.17) is 9.97 Å². The van der Waals surface area contributed by atoms with Crippen LogP contribution in [0.5, 0.6) is 0 Å². The fourth-order valence-electron chi connectivity index (χ4n) is 4.56. The summed E-state index contributed by atoms with van der Waals surface area (Å²) in [6, 6.07) is 2.65. The first-order valence-corrected chi connectivity index (χ1v) is 10.4. The van der Waals surface area contributed by atoms with Gasteiger partial charge in [-0.2, -0.15) is 5.10 Å². The van der Waals surface area contributed by atoms with Crippen LogP contribution in [0, 0.1) is 0 Å². The van der Waals surface area contributed by atoms with Crippen molar-refractivity contribution in [3.63, 3.8) is 0 Å². The highest BCUT2D eigenvalue weighted by atomic mass is 15.3. The van der Waals surface area contributed by atoms with Crippen LogP contribution in [0.3, 0.4) is 0 Å². The number of piperidine rings is 1. The molecule has 0 amide bonds. The van der Waals surface area contributed by atoms with Crippen LogP contribution in [0.15, 0.2) is 30.9 Å². The van der Waals surface area contributed by atoms with Crippen molar-refractivity contribution >= 4 is 0 Å². The summed E-state index contributed by atoms with van der Waals surface area (Å²) >= 11 is 0. The van der Waals surface area contributed by atoms with Gasteiger partial charge in [0.1, 0.15) is 5.82 Å². The normalized spacial score (nSPS) is 22.5. The molecule has 0 aromatic carbocycles. The summed E-state index contributed by atoms with van der Waals surface area (Å²) in [6.45, 7) is 3.17. The summed E-state index contributed by atoms with van der Waals surface area (Å²) in [6.07, 6.45) is 19.8. The van der Waals surface area contributed by atoms with E-state index >= 15 is 0 Å². The van der Waals surface area contributed by atoms with Crippen molar-refractivity contribution in [3.8, 4) is 0 Å². The predicted octanol–water partition coefficient (Wildman–Crippen LogP) is 4.17. The molecule has 5 heteroatoms. The summed E-state index contributed by atoms with van der Waals surface area (Å²) in [5, 5.41) is 4.34. The third-order valence-electron chi connectivity index (χ3n) is 6.08. The van der Waals surface area contributed by atoms with Crippen LogP contribution in [-0.4, -0.2) is 37.2 Å². The summed E-state index contributed by atoms with van der Waals surface area (Å²) < 4.78 is 2.05. The van der Waals surface area contributed by atoms with E-state index in [9.17, 15) is 0 Å². The SMILES string of the molecule is c1cnn(CC[C@@H]2CCCCN2Cc2cnc(C3CCCCC3)nc2)c1. The van der Waals surface area contributed by atoms with Crippen LogP contribution in [0.1, 0.15) is 75.1 Å². The first-order valence-electron chi connectivity index (χ1n) is 10.4. The second-order valence-electron chi connectivity index (χ2n) is 7.96. The molecule has 2 aliphatic rings. The highest BCUT2D eigenvalue weighted by Gasteiger charge is 2.23. The maximum atomic E-state index is 4.73. The molecule has 0 bridgehead atoms. The molecule has 0 radical (unpaired) electrons. The van der Waals surface area contributed by atoms with Crippen molar-refractivity contribution < 1.29 is 0 Å². The van der Waals surface area contributed by atoms with Gasteiger partial charge in [-0.05, 0) is 44.7 Å². The van der Waals surface area contributed by atoms with Crippen LogP contribution in [-0.2, 0) is 13.1 Å². The molecule has 2 fully saturated rings. The fourth-order valence-corrected chi connectivity index (χ4v) is 4.56. The van der Waals surface area contributed by atoms with Gasteiger partial charge in [-0.25, -0.2) is 9.97 Å². The molecule has 1 saturated carbocycles. The van der Waals surface area contributed by atoms with E-state index in [0.29, 0.717) is 12.0 Å². The van der Waals surface area contributed by atoms with Gasteiger partial charge in [0.2, 0.25) is 0 Å². The van der Waals surface area contributed by atoms with E-state index in [1.807, 2.05) is 12.3 Å². The summed E-state index contributed by atoms with van der Waals surface area (Å²) in [5.41, 5.74) is 1.26. The molecule has 4 rings (SSSR count). The number of aromatic nitrogens is 4. The van der Waals surface area contributed by atoms with E-state index in [2.05, 4.69) is 33.3 Å². The number of likely N-dealkylation sites (tertiary alicyclic amines) is 1. The fraction of sp³-hybridized carbons (Fsp3) is 0.667. The quantitative estimate of drug-likeness (QED) is 0.782. The lowest BCUT2D eigenvalue weighted by Gasteiger charge is -2.35. The van der Waals surface area contributed by atoms with Crippen LogP contribution < -0.4 is 0 Å². The lowest BCUT2D eigenvalue weighted by Crippen LogP contribution is -2.39. The molecule has 2 aromatic heterocycles. The maximum Gasteiger partial charge on any atom is 0.131 e. The maximum absolute atomic E-state index is 4.73. The third-order valence-corrected chi connectivity index (χ3v) is 6.08. The Hall–Kier alpha value is -1.75. The average molecular weight is 354 g/mol. The Kier molecular flexibility index (Phi) is 5.95. The van der Waals surface area contributed by atoms with E-state index in [-0.39, 0.29) is 0 Å². The summed E-state index contributed by atoms with van der Waals surface area (Å²) in [7, 11) is 0. The highest BCUT2D eigenvalue weighted by Crippen LogP contribution is 2.30. The van der Waals surface area contributed by atoms with Gasteiger partial charge >= 0.3 is 0 Å². The Morgan fingerprint density at radius 2 is 1.77 bits per heavy atom. The molecule has 1 saturated heterocycles. The Morgan fingerprint density at radius 3 is 2.54 bits per heavy atom. The van der Waals surface area contributed by atoms with Crippen molar-refractivity contribution in [2.75, 3.05) is 6.54 Å². The zero-order valence-electron chi connectivity index (χ0n) is 15.8. The first kappa shape index (κ1) is 17.7. The van der Waals surface area contributed by atoms with E-state index in [0.717, 1.165) is 18.9 Å². The van der Waals surface area contributed by atoms with Gasteiger partial charge in [0, 0.05) is 55.4 Å². The Bertz CT molecular complexity index is 646. The highest BCUT2D eigenvalue weighted by molar-refractivity contribution is 5.08. The molecule has 5 nitrogen and oxygen atoms in total. The molecule has 26 heavy (non-hydrogen) atoms. The van der Waals surface area contributed by atoms with Gasteiger partial charge in [-0.3, -0.25) is 9.58 Å². The zero-order valence-corrected chi connectivity index (χ0v) is 15.8. The van der Waals surface area contributed by atoms with E-state index in [1.54, 1.807) is 0 Å². The Balaban J connectivity index is 1.34. The zero-order chi connectivity index (χ0) is 17.6. The standard InChI is InChI=1S/C21H31N5/c1-2-7-19(8-3-1)21-22-15-18(16-23-21)17-25-12-5-4-9-20(25)10-14-26-13-6-11-24-26/h6,11,13,15-16,19-20H,1-5,7-10,12,14,17H2/t20-/m0/s1. The largest absolute Gasteiger partial charge is 0.296 e. The van der Waals surface area contributed by atoms with Crippen LogP contribution in [0.2, 0.25) is 0 Å². The Morgan fingerprint density at radius 1 is 0.962 bits per heavy atom. The third kappa shape index (κ3) is 4.50.